The number of aliphatic carboxylic acids is 1. The van der Waals surface area contributed by atoms with Crippen LogP contribution < -0.4 is 14.8 Å². The molecule has 0 spiro atoms. The predicted octanol–water partition coefficient (Wildman–Crippen LogP) is 1.14. The van der Waals surface area contributed by atoms with E-state index >= 15 is 0 Å². The lowest BCUT2D eigenvalue weighted by molar-refractivity contribution is -0.140. The summed E-state index contributed by atoms with van der Waals surface area (Å²) in [5.41, 5.74) is 0. The fourth-order valence-electron chi connectivity index (χ4n) is 1.32. The van der Waals surface area contributed by atoms with Crippen LogP contribution in [0.3, 0.4) is 0 Å². The second-order valence-electron chi connectivity index (χ2n) is 3.44. The minimum Gasteiger partial charge on any atom is -0.497 e. The first kappa shape index (κ1) is 13.3. The lowest BCUT2D eigenvalue weighted by Crippen LogP contribution is -2.41. The summed E-state index contributed by atoms with van der Waals surface area (Å²) in [7, 11) is 1.58. The highest BCUT2D eigenvalue weighted by molar-refractivity contribution is 5.73. The number of hydrogen-bond donors (Lipinski definition) is 2. The van der Waals surface area contributed by atoms with Gasteiger partial charge in [-0.3, -0.25) is 4.79 Å². The second-order valence-corrected chi connectivity index (χ2v) is 3.44. The highest BCUT2D eigenvalue weighted by Gasteiger charge is 2.16. The van der Waals surface area contributed by atoms with E-state index in [0.29, 0.717) is 12.3 Å². The van der Waals surface area contributed by atoms with Crippen LogP contribution in [0.4, 0.5) is 0 Å². The van der Waals surface area contributed by atoms with E-state index in [2.05, 4.69) is 5.32 Å². The molecule has 1 unspecified atom stereocenters. The first-order chi connectivity index (χ1) is 8.17. The third kappa shape index (κ3) is 4.32. The number of carboxylic acid groups (broad SMARTS) is 1. The van der Waals surface area contributed by atoms with Crippen LogP contribution in [0, 0.1) is 0 Å². The van der Waals surface area contributed by atoms with Gasteiger partial charge >= 0.3 is 5.97 Å². The molecule has 0 fully saturated rings. The summed E-state index contributed by atoms with van der Waals surface area (Å²) in [4.78, 5) is 10.8. The molecule has 0 saturated heterocycles. The van der Waals surface area contributed by atoms with Crippen LogP contribution in [0.1, 0.15) is 6.92 Å². The Morgan fingerprint density at radius 3 is 2.41 bits per heavy atom. The van der Waals surface area contributed by atoms with Crippen LogP contribution in [0.5, 0.6) is 11.5 Å². The summed E-state index contributed by atoms with van der Waals surface area (Å²) in [5, 5.41) is 11.7. The number of carbonyl (C=O) groups is 1. The van der Waals surface area contributed by atoms with Gasteiger partial charge in [-0.2, -0.15) is 0 Å². The molecule has 94 valence electrons. The maximum Gasteiger partial charge on any atom is 0.324 e. The predicted molar refractivity (Wildman–Crippen MR) is 63.6 cm³/mol. The van der Waals surface area contributed by atoms with Crippen molar-refractivity contribution in [2.24, 2.45) is 0 Å². The molecule has 0 aliphatic heterocycles. The standard InChI is InChI=1S/C12H17NO4/c1-3-13-11(12(14)15)8-17-10-6-4-9(16-2)5-7-10/h4-7,11,13H,3,8H2,1-2H3,(H,14,15). The topological polar surface area (TPSA) is 67.8 Å². The Morgan fingerprint density at radius 1 is 1.35 bits per heavy atom. The minimum absolute atomic E-state index is 0.0928. The van der Waals surface area contributed by atoms with Crippen LogP contribution >= 0.6 is 0 Å². The Morgan fingerprint density at radius 2 is 1.94 bits per heavy atom. The van der Waals surface area contributed by atoms with E-state index < -0.39 is 12.0 Å². The van der Waals surface area contributed by atoms with Crippen molar-refractivity contribution in [1.82, 2.24) is 5.32 Å². The zero-order valence-electron chi connectivity index (χ0n) is 9.97. The molecule has 0 aliphatic rings. The SMILES string of the molecule is CCNC(COc1ccc(OC)cc1)C(=O)O. The molecule has 0 amide bonds. The number of rotatable bonds is 7. The van der Waals surface area contributed by atoms with Gasteiger partial charge in [-0.25, -0.2) is 0 Å². The zero-order valence-corrected chi connectivity index (χ0v) is 9.97. The van der Waals surface area contributed by atoms with E-state index in [1.807, 2.05) is 6.92 Å². The molecule has 1 atom stereocenters. The highest BCUT2D eigenvalue weighted by Crippen LogP contribution is 2.16. The molecular formula is C12H17NO4. The molecule has 5 nitrogen and oxygen atoms in total. The van der Waals surface area contributed by atoms with Gasteiger partial charge < -0.3 is 19.9 Å². The summed E-state index contributed by atoms with van der Waals surface area (Å²) in [6, 6.07) is 6.31. The van der Waals surface area contributed by atoms with Crippen LogP contribution in [0.15, 0.2) is 24.3 Å². The largest absolute Gasteiger partial charge is 0.497 e. The van der Waals surface area contributed by atoms with E-state index in [0.717, 1.165) is 5.75 Å². The molecule has 0 radical (unpaired) electrons. The van der Waals surface area contributed by atoms with Gasteiger partial charge in [-0.1, -0.05) is 6.92 Å². The first-order valence-corrected chi connectivity index (χ1v) is 5.40. The van der Waals surface area contributed by atoms with E-state index in [-0.39, 0.29) is 6.61 Å². The molecule has 0 aliphatic carbocycles. The van der Waals surface area contributed by atoms with Gasteiger partial charge in [-0.05, 0) is 30.8 Å². The number of ether oxygens (including phenoxy) is 2. The monoisotopic (exact) mass is 239 g/mol. The summed E-state index contributed by atoms with van der Waals surface area (Å²) in [6.07, 6.45) is 0. The summed E-state index contributed by atoms with van der Waals surface area (Å²) < 4.78 is 10.4. The van der Waals surface area contributed by atoms with Crippen molar-refractivity contribution in [2.75, 3.05) is 20.3 Å². The van der Waals surface area contributed by atoms with Crippen molar-refractivity contribution in [3.63, 3.8) is 0 Å². The molecule has 0 aromatic heterocycles. The Kier molecular flexibility index (Phi) is 5.29. The molecule has 17 heavy (non-hydrogen) atoms. The summed E-state index contributed by atoms with van der Waals surface area (Å²) >= 11 is 0. The zero-order chi connectivity index (χ0) is 12.7. The quantitative estimate of drug-likeness (QED) is 0.746. The molecule has 1 aromatic carbocycles. The number of methoxy groups -OCH3 is 1. The Bertz CT molecular complexity index is 350. The smallest absolute Gasteiger partial charge is 0.324 e. The molecule has 5 heteroatoms. The maximum atomic E-state index is 10.8. The number of nitrogens with one attached hydrogen (secondary N) is 1. The normalized spacial score (nSPS) is 11.9. The van der Waals surface area contributed by atoms with Crippen LogP contribution in [0.2, 0.25) is 0 Å². The molecule has 1 rings (SSSR count). The average Bonchev–Trinajstić information content (AvgIpc) is 2.34. The maximum absolute atomic E-state index is 10.8. The minimum atomic E-state index is -0.916. The van der Waals surface area contributed by atoms with Crippen molar-refractivity contribution in [3.8, 4) is 11.5 Å². The van der Waals surface area contributed by atoms with Crippen LogP contribution in [0.25, 0.3) is 0 Å². The second kappa shape index (κ2) is 6.75. The Labute approximate surface area is 100 Å². The van der Waals surface area contributed by atoms with Gasteiger partial charge in [0.05, 0.1) is 7.11 Å². The molecule has 0 saturated carbocycles. The van der Waals surface area contributed by atoms with Gasteiger partial charge in [0.1, 0.15) is 24.1 Å². The van der Waals surface area contributed by atoms with Gasteiger partial charge in [0.15, 0.2) is 0 Å². The fourth-order valence-corrected chi connectivity index (χ4v) is 1.32. The molecular weight excluding hydrogens is 222 g/mol. The number of likely N-dealkylation sites (N-methyl/N-ethyl adjacent to an activating group) is 1. The Hall–Kier alpha value is -1.75. The van der Waals surface area contributed by atoms with Crippen molar-refractivity contribution in [3.05, 3.63) is 24.3 Å². The Balaban J connectivity index is 2.50. The van der Waals surface area contributed by atoms with Gasteiger partial charge in [-0.15, -0.1) is 0 Å². The van der Waals surface area contributed by atoms with E-state index in [1.165, 1.54) is 0 Å². The molecule has 0 bridgehead atoms. The molecule has 2 N–H and O–H groups in total. The first-order valence-electron chi connectivity index (χ1n) is 5.40. The summed E-state index contributed by atoms with van der Waals surface area (Å²) in [5.74, 6) is 0.439. The van der Waals surface area contributed by atoms with Gasteiger partial charge in [0, 0.05) is 0 Å². The van der Waals surface area contributed by atoms with E-state index in [1.54, 1.807) is 31.4 Å². The van der Waals surface area contributed by atoms with E-state index in [9.17, 15) is 4.79 Å². The van der Waals surface area contributed by atoms with Crippen molar-refractivity contribution >= 4 is 5.97 Å². The molecule has 1 aromatic rings. The lowest BCUT2D eigenvalue weighted by atomic mass is 10.3. The fraction of sp³-hybridized carbons (Fsp3) is 0.417. The van der Waals surface area contributed by atoms with Crippen molar-refractivity contribution < 1.29 is 19.4 Å². The lowest BCUT2D eigenvalue weighted by Gasteiger charge is -2.14. The van der Waals surface area contributed by atoms with Crippen LogP contribution in [-0.2, 0) is 4.79 Å². The molecule has 0 heterocycles. The average molecular weight is 239 g/mol. The number of benzene rings is 1. The summed E-state index contributed by atoms with van der Waals surface area (Å²) in [6.45, 7) is 2.53. The van der Waals surface area contributed by atoms with Crippen LogP contribution in [-0.4, -0.2) is 37.4 Å². The van der Waals surface area contributed by atoms with Crippen molar-refractivity contribution in [1.29, 1.82) is 0 Å². The van der Waals surface area contributed by atoms with E-state index in [4.69, 9.17) is 14.6 Å². The van der Waals surface area contributed by atoms with Gasteiger partial charge in [0.2, 0.25) is 0 Å². The third-order valence-electron chi connectivity index (χ3n) is 2.22. The van der Waals surface area contributed by atoms with Gasteiger partial charge in [0.25, 0.3) is 0 Å². The number of hydrogen-bond acceptors (Lipinski definition) is 4. The van der Waals surface area contributed by atoms with Crippen molar-refractivity contribution in [2.45, 2.75) is 13.0 Å². The highest BCUT2D eigenvalue weighted by atomic mass is 16.5. The third-order valence-corrected chi connectivity index (χ3v) is 2.22. The number of carboxylic acids is 1.